The van der Waals surface area contributed by atoms with Crippen molar-refractivity contribution < 1.29 is 4.79 Å². The average molecular weight is 539 g/mol. The van der Waals surface area contributed by atoms with Crippen molar-refractivity contribution in [2.75, 3.05) is 11.1 Å². The summed E-state index contributed by atoms with van der Waals surface area (Å²) in [6, 6.07) is 13.7. The van der Waals surface area contributed by atoms with Crippen LogP contribution in [0.15, 0.2) is 53.6 Å². The van der Waals surface area contributed by atoms with E-state index in [0.717, 1.165) is 37.8 Å². The fraction of sp³-hybridized carbons (Fsp3) is 0.214. The van der Waals surface area contributed by atoms with Gasteiger partial charge in [-0.25, -0.2) is 19.6 Å². The van der Waals surface area contributed by atoms with Crippen LogP contribution in [0.25, 0.3) is 43.3 Å². The summed E-state index contributed by atoms with van der Waals surface area (Å²) in [7, 11) is 0. The van der Waals surface area contributed by atoms with E-state index in [-0.39, 0.29) is 17.5 Å². The maximum absolute atomic E-state index is 13.6. The van der Waals surface area contributed by atoms with Gasteiger partial charge in [-0.2, -0.15) is 5.10 Å². The number of nitrogens with zero attached hydrogens (tertiary/aromatic N) is 6. The summed E-state index contributed by atoms with van der Waals surface area (Å²) in [5.74, 6) is 0.146. The largest absolute Gasteiger partial charge is 0.383 e. The Morgan fingerprint density at radius 1 is 1.13 bits per heavy atom. The third-order valence-corrected chi connectivity index (χ3v) is 7.63. The zero-order valence-corrected chi connectivity index (χ0v) is 22.7. The zero-order chi connectivity index (χ0) is 27.4. The average Bonchev–Trinajstić information content (AvgIpc) is 3.44. The second kappa shape index (κ2) is 9.28. The molecule has 4 aromatic heterocycles. The number of rotatable bonds is 5. The Morgan fingerprint density at radius 2 is 1.95 bits per heavy atom. The van der Waals surface area contributed by atoms with Crippen LogP contribution in [0, 0.1) is 6.92 Å². The zero-order valence-electron chi connectivity index (χ0n) is 21.9. The molecule has 6 rings (SSSR count). The van der Waals surface area contributed by atoms with Crippen LogP contribution in [0.3, 0.4) is 0 Å². The van der Waals surface area contributed by atoms with Crippen molar-refractivity contribution in [1.82, 2.24) is 29.3 Å². The van der Waals surface area contributed by atoms with Gasteiger partial charge in [-0.05, 0) is 49.9 Å². The van der Waals surface area contributed by atoms with Gasteiger partial charge in [-0.1, -0.05) is 35.6 Å². The van der Waals surface area contributed by atoms with Crippen molar-refractivity contribution >= 4 is 60.2 Å². The minimum absolute atomic E-state index is 0.0213. The number of thiazole rings is 1. The van der Waals surface area contributed by atoms with Crippen LogP contribution in [-0.4, -0.2) is 35.2 Å². The summed E-state index contributed by atoms with van der Waals surface area (Å²) in [6.45, 7) is 7.73. The highest BCUT2D eigenvalue weighted by Crippen LogP contribution is 2.35. The van der Waals surface area contributed by atoms with Crippen LogP contribution in [0.2, 0.25) is 0 Å². The normalized spacial score (nSPS) is 11.7. The van der Waals surface area contributed by atoms with Crippen LogP contribution in [0.4, 0.5) is 10.9 Å². The summed E-state index contributed by atoms with van der Waals surface area (Å²) >= 11 is 1.38. The molecule has 196 valence electrons. The molecule has 39 heavy (non-hydrogen) atoms. The molecule has 0 aliphatic rings. The predicted molar refractivity (Wildman–Crippen MR) is 155 cm³/mol. The minimum Gasteiger partial charge on any atom is -0.383 e. The topological polar surface area (TPSA) is 134 Å². The fourth-order valence-electron chi connectivity index (χ4n) is 5.06. The van der Waals surface area contributed by atoms with Crippen molar-refractivity contribution in [3.05, 3.63) is 70.4 Å². The van der Waals surface area contributed by atoms with Crippen molar-refractivity contribution in [1.29, 1.82) is 0 Å². The van der Waals surface area contributed by atoms with Gasteiger partial charge in [0.05, 0.1) is 27.5 Å². The van der Waals surface area contributed by atoms with Crippen molar-refractivity contribution in [3.63, 3.8) is 0 Å². The summed E-state index contributed by atoms with van der Waals surface area (Å²) in [5.41, 5.74) is 10.9. The molecule has 0 fully saturated rings. The van der Waals surface area contributed by atoms with Gasteiger partial charge in [0.15, 0.2) is 10.8 Å². The molecule has 0 aliphatic heterocycles. The van der Waals surface area contributed by atoms with E-state index in [0.29, 0.717) is 34.2 Å². The van der Waals surface area contributed by atoms with Gasteiger partial charge in [0.2, 0.25) is 5.91 Å². The van der Waals surface area contributed by atoms with Gasteiger partial charge in [-0.15, -0.1) is 0 Å². The number of carbonyl (C=O) groups excluding carboxylic acids is 1. The smallest absolute Gasteiger partial charge is 0.259 e. The first kappa shape index (κ1) is 24.7. The number of nitrogens with one attached hydrogen (secondary N) is 1. The molecule has 4 heterocycles. The lowest BCUT2D eigenvalue weighted by Crippen LogP contribution is -2.27. The third-order valence-electron chi connectivity index (χ3n) is 6.70. The van der Waals surface area contributed by atoms with Gasteiger partial charge in [0, 0.05) is 24.2 Å². The third kappa shape index (κ3) is 4.20. The number of fused-ring (bicyclic) bond motifs is 3. The maximum atomic E-state index is 13.6. The number of hydrogen-bond donors (Lipinski definition) is 2. The van der Waals surface area contributed by atoms with Crippen LogP contribution in [0.1, 0.15) is 38.1 Å². The lowest BCUT2D eigenvalue weighted by molar-refractivity contribution is -0.114. The van der Waals surface area contributed by atoms with Gasteiger partial charge >= 0.3 is 0 Å². The van der Waals surface area contributed by atoms with Crippen LogP contribution >= 0.6 is 11.3 Å². The van der Waals surface area contributed by atoms with Gasteiger partial charge in [0.25, 0.3) is 5.56 Å². The Balaban J connectivity index is 1.52. The monoisotopic (exact) mass is 538 g/mol. The first-order valence-corrected chi connectivity index (χ1v) is 13.3. The molecule has 1 amide bonds. The highest BCUT2D eigenvalue weighted by atomic mass is 32.1. The van der Waals surface area contributed by atoms with Gasteiger partial charge in [0.1, 0.15) is 17.8 Å². The lowest BCUT2D eigenvalue weighted by Gasteiger charge is -2.18. The number of nitrogens with two attached hydrogens (primary N) is 1. The Bertz CT molecular complexity index is 1990. The highest BCUT2D eigenvalue weighted by Gasteiger charge is 2.20. The van der Waals surface area contributed by atoms with Gasteiger partial charge < -0.3 is 15.6 Å². The standard InChI is InChI=1S/C28H26N8O2S/c1-14(2)36-19(10-17-7-5-6-15(3)22(17)27(36)38)12-35-26-23(25(29)30-13-31-26)24(34-35)18-8-9-20-21(11-18)39-28(33-20)32-16(4)37/h5-11,13-14H,12H2,1-4H3,(H2,29,30,31)(H,32,33,37). The Hall–Kier alpha value is -4.64. The van der Waals surface area contributed by atoms with E-state index >= 15 is 0 Å². The Morgan fingerprint density at radius 3 is 2.72 bits per heavy atom. The number of anilines is 2. The molecular weight excluding hydrogens is 512 g/mol. The van der Waals surface area contributed by atoms with Crippen LogP contribution in [-0.2, 0) is 11.3 Å². The molecule has 0 spiro atoms. The summed E-state index contributed by atoms with van der Waals surface area (Å²) in [6.07, 6.45) is 1.42. The van der Waals surface area contributed by atoms with E-state index in [1.807, 2.05) is 67.8 Å². The molecule has 11 heteroatoms. The Labute approximate surface area is 227 Å². The number of nitrogen functional groups attached to an aromatic ring is 1. The molecule has 0 bridgehead atoms. The molecule has 2 aromatic carbocycles. The first-order valence-electron chi connectivity index (χ1n) is 12.5. The van der Waals surface area contributed by atoms with E-state index in [4.69, 9.17) is 10.8 Å². The predicted octanol–water partition coefficient (Wildman–Crippen LogP) is 4.90. The summed E-state index contributed by atoms with van der Waals surface area (Å²) < 4.78 is 4.49. The maximum Gasteiger partial charge on any atom is 0.259 e. The number of hydrogen-bond acceptors (Lipinski definition) is 8. The second-order valence-corrected chi connectivity index (χ2v) is 10.8. The number of pyridine rings is 1. The Kier molecular flexibility index (Phi) is 5.87. The van der Waals surface area contributed by atoms with E-state index < -0.39 is 0 Å². The van der Waals surface area contributed by atoms with Crippen LogP contribution in [0.5, 0.6) is 0 Å². The summed E-state index contributed by atoms with van der Waals surface area (Å²) in [5, 5.41) is 10.5. The molecule has 0 saturated heterocycles. The van der Waals surface area contributed by atoms with Crippen molar-refractivity contribution in [3.8, 4) is 11.3 Å². The number of aromatic nitrogens is 6. The fourth-order valence-corrected chi connectivity index (χ4v) is 6.01. The van der Waals surface area contributed by atoms with Gasteiger partial charge in [-0.3, -0.25) is 9.59 Å². The second-order valence-electron chi connectivity index (χ2n) is 9.79. The molecule has 0 aliphatic carbocycles. The molecule has 6 aromatic rings. The van der Waals surface area contributed by atoms with E-state index in [2.05, 4.69) is 20.3 Å². The van der Waals surface area contributed by atoms with Crippen molar-refractivity contribution in [2.45, 2.75) is 40.3 Å². The quantitative estimate of drug-likeness (QED) is 0.319. The summed E-state index contributed by atoms with van der Waals surface area (Å²) in [4.78, 5) is 38.3. The molecule has 0 saturated carbocycles. The number of carbonyl (C=O) groups is 1. The van der Waals surface area contributed by atoms with Crippen molar-refractivity contribution in [2.24, 2.45) is 0 Å². The molecule has 0 atom stereocenters. The minimum atomic E-state index is -0.173. The number of benzene rings is 2. The first-order chi connectivity index (χ1) is 18.7. The van der Waals surface area contributed by atoms with E-state index in [1.165, 1.54) is 24.6 Å². The SMILES string of the molecule is CC(=O)Nc1nc2ccc(-c3nn(Cc4cc5cccc(C)c5c(=O)n4C(C)C)c4ncnc(N)c34)cc2s1. The molecular formula is C28H26N8O2S. The molecule has 0 radical (unpaired) electrons. The van der Waals surface area contributed by atoms with E-state index in [1.54, 1.807) is 4.68 Å². The number of aryl methyl sites for hydroxylation is 1. The van der Waals surface area contributed by atoms with Crippen LogP contribution < -0.4 is 16.6 Å². The molecule has 10 nitrogen and oxygen atoms in total. The molecule has 0 unspecified atom stereocenters. The number of amides is 1. The molecule has 3 N–H and O–H groups in total. The van der Waals surface area contributed by atoms with E-state index in [9.17, 15) is 9.59 Å². The highest BCUT2D eigenvalue weighted by molar-refractivity contribution is 7.22. The lowest BCUT2D eigenvalue weighted by atomic mass is 10.1.